The second-order valence-corrected chi connectivity index (χ2v) is 6.25. The van der Waals surface area contributed by atoms with E-state index < -0.39 is 15.5 Å². The largest absolute Gasteiger partial charge is 0.499 e. The second-order valence-electron chi connectivity index (χ2n) is 5.29. The zero-order valence-electron chi connectivity index (χ0n) is 13.2. The lowest BCUT2D eigenvalue weighted by atomic mass is 10.0. The number of benzene rings is 1. The number of H-pyrrole nitrogens is 1. The quantitative estimate of drug-likeness (QED) is 0.558. The molecule has 0 saturated carbocycles. The predicted molar refractivity (Wildman–Crippen MR) is 92.5 cm³/mol. The van der Waals surface area contributed by atoms with Crippen LogP contribution in [0.5, 0.6) is 5.06 Å². The molecule has 1 aromatic heterocycles. The Kier molecular flexibility index (Phi) is 5.64. The highest BCUT2D eigenvalue weighted by Crippen LogP contribution is 2.15. The smallest absolute Gasteiger partial charge is 0.310 e. The highest BCUT2D eigenvalue weighted by atomic mass is 32.1. The summed E-state index contributed by atoms with van der Waals surface area (Å²) in [6.07, 6.45) is 0.556. The van der Waals surface area contributed by atoms with Gasteiger partial charge in [0.25, 0.3) is 5.56 Å². The number of hydrogen-bond donors (Lipinski definition) is 3. The summed E-state index contributed by atoms with van der Waals surface area (Å²) in [7, 11) is 0. The topological polar surface area (TPSA) is 112 Å². The van der Waals surface area contributed by atoms with Crippen molar-refractivity contribution in [1.82, 2.24) is 10.4 Å². The van der Waals surface area contributed by atoms with Crippen molar-refractivity contribution in [2.24, 2.45) is 11.0 Å². The third-order valence-electron chi connectivity index (χ3n) is 3.37. The lowest BCUT2D eigenvalue weighted by Gasteiger charge is -2.10. The maximum Gasteiger partial charge on any atom is 0.310 e. The van der Waals surface area contributed by atoms with Crippen LogP contribution in [0.1, 0.15) is 25.0 Å². The van der Waals surface area contributed by atoms with Crippen LogP contribution in [0.25, 0.3) is 0 Å². The minimum atomic E-state index is -0.746. The number of nitrogens with zero attached hydrogens (tertiary/aromatic N) is 1. The molecule has 0 aliphatic carbocycles. The van der Waals surface area contributed by atoms with Crippen molar-refractivity contribution in [2.75, 3.05) is 0 Å². The Labute approximate surface area is 141 Å². The molecule has 3 N–H and O–H groups in total. The summed E-state index contributed by atoms with van der Waals surface area (Å²) in [6, 6.07) is 9.57. The number of carbonyl (C=O) groups is 1. The maximum atomic E-state index is 12.1. The van der Waals surface area contributed by atoms with Crippen LogP contribution < -0.4 is 15.9 Å². The molecule has 24 heavy (non-hydrogen) atoms. The first-order valence-corrected chi connectivity index (χ1v) is 8.05. The second kappa shape index (κ2) is 7.69. The number of nitrogens with one attached hydrogen (secondary N) is 2. The van der Waals surface area contributed by atoms with Crippen molar-refractivity contribution in [2.45, 2.75) is 20.3 Å². The van der Waals surface area contributed by atoms with E-state index in [-0.39, 0.29) is 23.1 Å². The van der Waals surface area contributed by atoms with Gasteiger partial charge in [-0.3, -0.25) is 19.4 Å². The van der Waals surface area contributed by atoms with Crippen molar-refractivity contribution in [3.8, 4) is 5.06 Å². The van der Waals surface area contributed by atoms with Crippen molar-refractivity contribution < 1.29 is 9.90 Å². The average Bonchev–Trinajstić information content (AvgIpc) is 2.52. The predicted octanol–water partition coefficient (Wildman–Crippen LogP) is 1.22. The minimum Gasteiger partial charge on any atom is -0.499 e. The Morgan fingerprint density at radius 1 is 1.33 bits per heavy atom. The molecule has 0 bridgehead atoms. The zero-order valence-corrected chi connectivity index (χ0v) is 14.0. The van der Waals surface area contributed by atoms with Gasteiger partial charge in [0.1, 0.15) is 5.56 Å². The van der Waals surface area contributed by atoms with E-state index in [0.717, 1.165) is 5.56 Å². The van der Waals surface area contributed by atoms with E-state index in [4.69, 9.17) is 0 Å². The summed E-state index contributed by atoms with van der Waals surface area (Å²) >= 11 is 0.495. The van der Waals surface area contributed by atoms with Crippen LogP contribution in [0.4, 0.5) is 0 Å². The Bertz CT molecular complexity index is 871. The standard InChI is InChI=1S/C16H17N3O4S/c1-9(8-11-6-4-3-5-7-11)13(20)19-18-10(2)12-14(21)17-16(23)24-15(12)22/h3-7,9,22H,8H2,1-2H3,(H,19,20)(H,17,21,23)/t9-/m1/s1. The molecule has 0 spiro atoms. The normalized spacial score (nSPS) is 12.7. The summed E-state index contributed by atoms with van der Waals surface area (Å²) in [5.74, 6) is -0.624. The fraction of sp³-hybridized carbons (Fsp3) is 0.250. The number of rotatable bonds is 5. The van der Waals surface area contributed by atoms with Gasteiger partial charge in [-0.1, -0.05) is 37.3 Å². The van der Waals surface area contributed by atoms with E-state index in [0.29, 0.717) is 17.8 Å². The number of aromatic amines is 1. The van der Waals surface area contributed by atoms with Gasteiger partial charge in [-0.25, -0.2) is 5.43 Å². The van der Waals surface area contributed by atoms with Gasteiger partial charge in [0, 0.05) is 5.92 Å². The van der Waals surface area contributed by atoms with E-state index in [2.05, 4.69) is 15.5 Å². The Hall–Kier alpha value is -2.74. The Balaban J connectivity index is 2.08. The molecule has 0 fully saturated rings. The summed E-state index contributed by atoms with van der Waals surface area (Å²) in [5, 5.41) is 13.1. The molecule has 8 heteroatoms. The zero-order chi connectivity index (χ0) is 17.7. The van der Waals surface area contributed by atoms with Crippen molar-refractivity contribution in [3.05, 3.63) is 61.5 Å². The van der Waals surface area contributed by atoms with Crippen molar-refractivity contribution >= 4 is 23.0 Å². The highest BCUT2D eigenvalue weighted by molar-refractivity contribution is 7.11. The summed E-state index contributed by atoms with van der Waals surface area (Å²) in [6.45, 7) is 3.23. The fourth-order valence-electron chi connectivity index (χ4n) is 2.10. The maximum absolute atomic E-state index is 12.1. The van der Waals surface area contributed by atoms with Crippen LogP contribution in [0.15, 0.2) is 45.0 Å². The molecule has 2 aromatic rings. The molecule has 126 valence electrons. The van der Waals surface area contributed by atoms with Gasteiger partial charge in [-0.05, 0) is 30.2 Å². The molecule has 1 atom stereocenters. The van der Waals surface area contributed by atoms with Gasteiger partial charge in [0.2, 0.25) is 5.91 Å². The number of amides is 1. The first-order valence-electron chi connectivity index (χ1n) is 7.23. The molecule has 0 aliphatic rings. The highest BCUT2D eigenvalue weighted by Gasteiger charge is 2.15. The molecule has 0 aliphatic heterocycles. The third-order valence-corrected chi connectivity index (χ3v) is 4.06. The average molecular weight is 347 g/mol. The van der Waals surface area contributed by atoms with Crippen molar-refractivity contribution in [3.63, 3.8) is 0 Å². The molecule has 1 amide bonds. The SMILES string of the molecule is CC(=NNC(=O)[C@H](C)Cc1ccccc1)c1c(O)sc(=O)[nH]c1=O. The number of hydrogen-bond acceptors (Lipinski definition) is 6. The van der Waals surface area contributed by atoms with Gasteiger partial charge in [-0.15, -0.1) is 0 Å². The van der Waals surface area contributed by atoms with Crippen LogP contribution in [-0.4, -0.2) is 21.7 Å². The van der Waals surface area contributed by atoms with Gasteiger partial charge in [-0.2, -0.15) is 5.10 Å². The Morgan fingerprint density at radius 2 is 2.00 bits per heavy atom. The van der Waals surface area contributed by atoms with Crippen LogP contribution in [-0.2, 0) is 11.2 Å². The molecule has 2 rings (SSSR count). The van der Waals surface area contributed by atoms with Gasteiger partial charge >= 0.3 is 4.87 Å². The van der Waals surface area contributed by atoms with Crippen LogP contribution in [0.2, 0.25) is 0 Å². The van der Waals surface area contributed by atoms with E-state index >= 15 is 0 Å². The summed E-state index contributed by atoms with van der Waals surface area (Å²) < 4.78 is 0. The molecular weight excluding hydrogens is 330 g/mol. The Morgan fingerprint density at radius 3 is 2.62 bits per heavy atom. The van der Waals surface area contributed by atoms with Crippen LogP contribution >= 0.6 is 11.3 Å². The number of carbonyl (C=O) groups excluding carboxylic acids is 1. The van der Waals surface area contributed by atoms with E-state index in [1.165, 1.54) is 6.92 Å². The molecule has 7 nitrogen and oxygen atoms in total. The summed E-state index contributed by atoms with van der Waals surface area (Å²) in [4.78, 5) is 36.3. The molecule has 0 saturated heterocycles. The fourth-order valence-corrected chi connectivity index (χ4v) is 2.76. The van der Waals surface area contributed by atoms with Crippen LogP contribution in [0, 0.1) is 5.92 Å². The lowest BCUT2D eigenvalue weighted by Crippen LogP contribution is -2.29. The first-order chi connectivity index (χ1) is 11.4. The monoisotopic (exact) mass is 347 g/mol. The lowest BCUT2D eigenvalue weighted by molar-refractivity contribution is -0.124. The number of hydrazone groups is 1. The molecule has 0 unspecified atom stereocenters. The van der Waals surface area contributed by atoms with E-state index in [1.54, 1.807) is 6.92 Å². The summed E-state index contributed by atoms with van der Waals surface area (Å²) in [5.41, 5.74) is 2.65. The minimum absolute atomic E-state index is 0.116. The van der Waals surface area contributed by atoms with Crippen LogP contribution in [0.3, 0.4) is 0 Å². The number of aromatic hydroxyl groups is 1. The molecule has 0 radical (unpaired) electrons. The first kappa shape index (κ1) is 17.6. The number of aromatic nitrogens is 1. The van der Waals surface area contributed by atoms with Gasteiger partial charge in [0.15, 0.2) is 5.06 Å². The van der Waals surface area contributed by atoms with E-state index in [1.807, 2.05) is 30.3 Å². The molecular formula is C16H17N3O4S. The van der Waals surface area contributed by atoms with Gasteiger partial charge in [0.05, 0.1) is 5.71 Å². The molecule has 1 aromatic carbocycles. The van der Waals surface area contributed by atoms with E-state index in [9.17, 15) is 19.5 Å². The molecule has 1 heterocycles. The third kappa shape index (κ3) is 4.39. The van der Waals surface area contributed by atoms with Crippen molar-refractivity contribution in [1.29, 1.82) is 0 Å². The van der Waals surface area contributed by atoms with Gasteiger partial charge < -0.3 is 5.11 Å².